The average molecular weight is 176 g/mol. The summed E-state index contributed by atoms with van der Waals surface area (Å²) in [5.74, 6) is 1.45. The predicted octanol–water partition coefficient (Wildman–Crippen LogP) is 2.57. The molecule has 1 radical (unpaired) electrons. The van der Waals surface area contributed by atoms with Gasteiger partial charge in [-0.25, -0.2) is 0 Å². The second-order valence-corrected chi connectivity index (χ2v) is 3.79. The maximum absolute atomic E-state index is 3.14. The van der Waals surface area contributed by atoms with E-state index in [0.29, 0.717) is 0 Å². The van der Waals surface area contributed by atoms with Crippen LogP contribution in [-0.4, -0.2) is 18.1 Å². The summed E-state index contributed by atoms with van der Waals surface area (Å²) in [6, 6.07) is 0. The van der Waals surface area contributed by atoms with Crippen LogP contribution < -0.4 is 4.90 Å². The van der Waals surface area contributed by atoms with Crippen molar-refractivity contribution in [1.82, 2.24) is 4.98 Å². The molecule has 2 heteroatoms. The van der Waals surface area contributed by atoms with Crippen molar-refractivity contribution in [2.45, 2.75) is 13.8 Å². The van der Waals surface area contributed by atoms with Crippen molar-refractivity contribution in [1.29, 1.82) is 0 Å². The summed E-state index contributed by atoms with van der Waals surface area (Å²) in [6.45, 7) is 6.42. The van der Waals surface area contributed by atoms with E-state index >= 15 is 0 Å². The number of aromatic nitrogens is 1. The molecule has 0 spiro atoms. The van der Waals surface area contributed by atoms with Gasteiger partial charge in [0.25, 0.3) is 0 Å². The van der Waals surface area contributed by atoms with Gasteiger partial charge in [-0.1, -0.05) is 26.0 Å². The molecule has 2 nitrogen and oxygen atoms in total. The van der Waals surface area contributed by atoms with Crippen LogP contribution in [0.25, 0.3) is 6.08 Å². The predicted molar refractivity (Wildman–Crippen MR) is 57.7 cm³/mol. The molecule has 0 saturated carbocycles. The van der Waals surface area contributed by atoms with Gasteiger partial charge >= 0.3 is 1.43 Å². The normalized spacial score (nSPS) is 15.2. The fourth-order valence-corrected chi connectivity index (χ4v) is 1.71. The minimum atomic E-state index is 0. The molecule has 1 N–H and O–H groups in total. The highest BCUT2D eigenvalue weighted by Crippen LogP contribution is 2.25. The van der Waals surface area contributed by atoms with Crippen molar-refractivity contribution in [2.75, 3.05) is 18.0 Å². The number of H-pyrrole nitrogens is 1. The minimum Gasteiger partial charge on any atom is -0.366 e. The summed E-state index contributed by atoms with van der Waals surface area (Å²) >= 11 is 0. The summed E-state index contributed by atoms with van der Waals surface area (Å²) in [6.07, 6.45) is 8.50. The summed E-state index contributed by atoms with van der Waals surface area (Å²) < 4.78 is 0. The third-order valence-electron chi connectivity index (χ3n) is 2.23. The molecule has 1 aromatic rings. The highest BCUT2D eigenvalue weighted by atomic mass is 15.1. The van der Waals surface area contributed by atoms with Gasteiger partial charge in [0, 0.05) is 31.0 Å². The van der Waals surface area contributed by atoms with Crippen LogP contribution in [0.5, 0.6) is 0 Å². The molecule has 2 heterocycles. The second-order valence-electron chi connectivity index (χ2n) is 3.79. The zero-order valence-electron chi connectivity index (χ0n) is 9.17. The molecule has 0 bridgehead atoms. The topological polar surface area (TPSA) is 19.0 Å². The monoisotopic (exact) mass is 176 g/mol. The Hall–Kier alpha value is -1.18. The number of aromatic amines is 1. The highest BCUT2D eigenvalue weighted by Gasteiger charge is 2.14. The molecular weight excluding hydrogens is 160 g/mol. The molecule has 0 aliphatic carbocycles. The minimum absolute atomic E-state index is 0. The first kappa shape index (κ1) is 8.42. The van der Waals surface area contributed by atoms with Crippen LogP contribution in [0.1, 0.15) is 20.8 Å². The molecule has 1 aromatic heterocycles. The van der Waals surface area contributed by atoms with Crippen LogP contribution in [0.15, 0.2) is 18.5 Å². The van der Waals surface area contributed by atoms with Gasteiger partial charge in [0.15, 0.2) is 0 Å². The Kier molecular flexibility index (Phi) is 2.13. The summed E-state index contributed by atoms with van der Waals surface area (Å²) in [4.78, 5) is 5.52. The number of nitrogens with one attached hydrogen (secondary N) is 1. The number of rotatable bonds is 2. The van der Waals surface area contributed by atoms with Crippen LogP contribution in [-0.2, 0) is 0 Å². The Morgan fingerprint density at radius 3 is 3.15 bits per heavy atom. The fraction of sp³-hybridized carbons (Fsp3) is 0.364. The Morgan fingerprint density at radius 1 is 1.54 bits per heavy atom. The Morgan fingerprint density at radius 2 is 2.38 bits per heavy atom. The third-order valence-corrected chi connectivity index (χ3v) is 2.23. The van der Waals surface area contributed by atoms with Crippen molar-refractivity contribution >= 4 is 11.8 Å². The van der Waals surface area contributed by atoms with Crippen molar-refractivity contribution in [3.63, 3.8) is 0 Å². The summed E-state index contributed by atoms with van der Waals surface area (Å²) in [7, 11) is 0. The molecule has 0 amide bonds. The first-order chi connectivity index (χ1) is 6.27. The molecule has 0 unspecified atom stereocenters. The van der Waals surface area contributed by atoms with E-state index < -0.39 is 0 Å². The van der Waals surface area contributed by atoms with Gasteiger partial charge in [0.2, 0.25) is 0 Å². The van der Waals surface area contributed by atoms with E-state index in [2.05, 4.69) is 42.1 Å². The quantitative estimate of drug-likeness (QED) is 0.733. The van der Waals surface area contributed by atoms with E-state index in [-0.39, 0.29) is 1.43 Å². The first-order valence-corrected chi connectivity index (χ1v) is 4.64. The summed E-state index contributed by atoms with van der Waals surface area (Å²) in [5, 5.41) is 0. The van der Waals surface area contributed by atoms with E-state index in [9.17, 15) is 0 Å². The molecule has 13 heavy (non-hydrogen) atoms. The van der Waals surface area contributed by atoms with Gasteiger partial charge in [-0.2, -0.15) is 0 Å². The lowest BCUT2D eigenvalue weighted by Crippen LogP contribution is -2.28. The van der Waals surface area contributed by atoms with Crippen molar-refractivity contribution in [3.05, 3.63) is 30.0 Å². The zero-order chi connectivity index (χ0) is 9.26. The van der Waals surface area contributed by atoms with E-state index in [4.69, 9.17) is 0 Å². The number of hydrogen-bond acceptors (Lipinski definition) is 1. The third kappa shape index (κ3) is 1.62. The number of fused-ring (bicyclic) bond motifs is 1. The molecule has 2 rings (SSSR count). The maximum Gasteiger partial charge on any atom is 1.00 e. The van der Waals surface area contributed by atoms with Gasteiger partial charge in [0.05, 0.1) is 5.69 Å². The Labute approximate surface area is 80.7 Å². The molecule has 69 valence electrons. The second kappa shape index (κ2) is 3.29. The van der Waals surface area contributed by atoms with Gasteiger partial charge in [-0.05, 0) is 5.92 Å². The molecular formula is C11H16N2+. The van der Waals surface area contributed by atoms with Crippen molar-refractivity contribution in [2.24, 2.45) is 0 Å². The van der Waals surface area contributed by atoms with Crippen LogP contribution >= 0.6 is 0 Å². The van der Waals surface area contributed by atoms with E-state index in [1.807, 2.05) is 6.20 Å². The Bertz CT molecular complexity index is 315. The molecule has 0 saturated heterocycles. The number of hydrogen-bond donors (Lipinski definition) is 1. The molecule has 1 aliphatic rings. The SMILES string of the molecule is C[C](C)CN1CC=Cc2c[nH]cc21.[H+]. The molecule has 0 atom stereocenters. The maximum atomic E-state index is 3.14. The van der Waals surface area contributed by atoms with Crippen molar-refractivity contribution in [3.8, 4) is 0 Å². The van der Waals surface area contributed by atoms with Crippen LogP contribution in [0.3, 0.4) is 0 Å². The molecule has 0 fully saturated rings. The van der Waals surface area contributed by atoms with E-state index in [1.165, 1.54) is 17.2 Å². The van der Waals surface area contributed by atoms with Crippen molar-refractivity contribution < 1.29 is 1.43 Å². The number of nitrogens with zero attached hydrogens (tertiary/aromatic N) is 1. The fourth-order valence-electron chi connectivity index (χ4n) is 1.71. The highest BCUT2D eigenvalue weighted by molar-refractivity contribution is 5.70. The zero-order valence-corrected chi connectivity index (χ0v) is 8.17. The smallest absolute Gasteiger partial charge is 0.366 e. The van der Waals surface area contributed by atoms with Gasteiger partial charge in [0.1, 0.15) is 0 Å². The largest absolute Gasteiger partial charge is 1.00 e. The lowest BCUT2D eigenvalue weighted by Gasteiger charge is -2.27. The van der Waals surface area contributed by atoms with E-state index in [1.54, 1.807) is 0 Å². The van der Waals surface area contributed by atoms with Gasteiger partial charge in [-0.3, -0.25) is 0 Å². The number of anilines is 1. The molecule has 0 aromatic carbocycles. The van der Waals surface area contributed by atoms with E-state index in [0.717, 1.165) is 13.1 Å². The van der Waals surface area contributed by atoms with Crippen LogP contribution in [0.4, 0.5) is 5.69 Å². The van der Waals surface area contributed by atoms with Crippen LogP contribution in [0, 0.1) is 5.92 Å². The van der Waals surface area contributed by atoms with Crippen LogP contribution in [0.2, 0.25) is 0 Å². The van der Waals surface area contributed by atoms with Gasteiger partial charge < -0.3 is 9.88 Å². The first-order valence-electron chi connectivity index (χ1n) is 4.64. The molecule has 1 aliphatic heterocycles. The van der Waals surface area contributed by atoms with Gasteiger partial charge in [-0.15, -0.1) is 0 Å². The average Bonchev–Trinajstić information content (AvgIpc) is 2.51. The standard InChI is InChI=1S/C11H15N2/c1-9(2)8-13-5-3-4-10-6-12-7-11(10)13/h3-4,6-7,12H,5,8H2,1-2H3/p+1. The lowest BCUT2D eigenvalue weighted by atomic mass is 10.1. The lowest BCUT2D eigenvalue weighted by molar-refractivity contribution is 0.840. The summed E-state index contributed by atoms with van der Waals surface area (Å²) in [5.41, 5.74) is 2.62. The Balaban J connectivity index is 0.000000980.